The number of nitrogens with zero attached hydrogens (tertiary/aromatic N) is 4. The fraction of sp³-hybridized carbons (Fsp3) is 0.200. The molecule has 0 bridgehead atoms. The van der Waals surface area contributed by atoms with Gasteiger partial charge in [-0.25, -0.2) is 4.68 Å². The molecule has 0 saturated heterocycles. The second-order valence-corrected chi connectivity index (χ2v) is 8.33. The van der Waals surface area contributed by atoms with E-state index in [-0.39, 0.29) is 11.7 Å². The van der Waals surface area contributed by atoms with Crippen LogP contribution in [0.2, 0.25) is 0 Å². The average Bonchev–Trinajstić information content (AvgIpc) is 3.43. The fourth-order valence-corrected chi connectivity index (χ4v) is 3.97. The Balaban J connectivity index is 1.23. The van der Waals surface area contributed by atoms with E-state index >= 15 is 0 Å². The van der Waals surface area contributed by atoms with Crippen molar-refractivity contribution in [1.82, 2.24) is 25.3 Å². The largest absolute Gasteiger partial charge is 0.493 e. The van der Waals surface area contributed by atoms with Crippen molar-refractivity contribution >= 4 is 17.7 Å². The van der Waals surface area contributed by atoms with Crippen molar-refractivity contribution < 1.29 is 14.3 Å². The minimum Gasteiger partial charge on any atom is -0.493 e. The van der Waals surface area contributed by atoms with E-state index in [0.717, 1.165) is 22.5 Å². The lowest BCUT2D eigenvalue weighted by atomic mass is 10.1. The van der Waals surface area contributed by atoms with Gasteiger partial charge in [0, 0.05) is 24.5 Å². The lowest BCUT2D eigenvalue weighted by Gasteiger charge is -2.10. The van der Waals surface area contributed by atoms with E-state index in [4.69, 9.17) is 9.47 Å². The second-order valence-electron chi connectivity index (χ2n) is 7.33. The molecular formula is C25H25N5O3S. The van der Waals surface area contributed by atoms with E-state index in [2.05, 4.69) is 20.6 Å². The van der Waals surface area contributed by atoms with Gasteiger partial charge in [0.15, 0.2) is 11.5 Å². The van der Waals surface area contributed by atoms with Crippen LogP contribution in [0.5, 0.6) is 11.5 Å². The van der Waals surface area contributed by atoms with Gasteiger partial charge < -0.3 is 14.8 Å². The molecule has 4 aromatic rings. The van der Waals surface area contributed by atoms with Gasteiger partial charge in [0.1, 0.15) is 5.03 Å². The van der Waals surface area contributed by atoms with E-state index < -0.39 is 0 Å². The summed E-state index contributed by atoms with van der Waals surface area (Å²) in [6.07, 6.45) is 4.34. The Labute approximate surface area is 202 Å². The van der Waals surface area contributed by atoms with Crippen LogP contribution in [0.4, 0.5) is 0 Å². The van der Waals surface area contributed by atoms with Crippen LogP contribution in [0, 0.1) is 0 Å². The quantitative estimate of drug-likeness (QED) is 0.349. The maximum absolute atomic E-state index is 12.2. The van der Waals surface area contributed by atoms with Crippen LogP contribution in [0.15, 0.2) is 78.1 Å². The third-order valence-corrected chi connectivity index (χ3v) is 6.03. The zero-order valence-corrected chi connectivity index (χ0v) is 19.8. The van der Waals surface area contributed by atoms with Crippen molar-refractivity contribution in [3.05, 3.63) is 78.6 Å². The van der Waals surface area contributed by atoms with Gasteiger partial charge in [0.05, 0.1) is 31.4 Å². The molecule has 2 aromatic carbocycles. The van der Waals surface area contributed by atoms with Crippen molar-refractivity contribution in [2.45, 2.75) is 11.4 Å². The minimum atomic E-state index is -0.0504. The number of ether oxygens (including phenoxy) is 2. The molecule has 0 unspecified atom stereocenters. The van der Waals surface area contributed by atoms with Crippen molar-refractivity contribution in [3.63, 3.8) is 0 Å². The van der Waals surface area contributed by atoms with Gasteiger partial charge >= 0.3 is 0 Å². The number of aromatic nitrogens is 4. The molecular weight excluding hydrogens is 450 g/mol. The zero-order chi connectivity index (χ0) is 23.8. The molecule has 0 fully saturated rings. The van der Waals surface area contributed by atoms with E-state index in [1.54, 1.807) is 25.1 Å². The van der Waals surface area contributed by atoms with E-state index in [1.807, 2.05) is 66.9 Å². The highest BCUT2D eigenvalue weighted by Crippen LogP contribution is 2.27. The molecule has 0 aliphatic carbocycles. The van der Waals surface area contributed by atoms with Crippen LogP contribution in [0.25, 0.3) is 16.9 Å². The molecule has 1 N–H and O–H groups in total. The molecule has 0 radical (unpaired) electrons. The topological polar surface area (TPSA) is 91.2 Å². The third kappa shape index (κ3) is 5.93. The molecule has 174 valence electrons. The van der Waals surface area contributed by atoms with Crippen LogP contribution >= 0.6 is 11.8 Å². The van der Waals surface area contributed by atoms with Crippen molar-refractivity contribution in [1.29, 1.82) is 0 Å². The van der Waals surface area contributed by atoms with Crippen molar-refractivity contribution in [3.8, 4) is 28.4 Å². The Kier molecular flexibility index (Phi) is 7.77. The highest BCUT2D eigenvalue weighted by molar-refractivity contribution is 7.99. The Morgan fingerprint density at radius 2 is 1.82 bits per heavy atom. The molecule has 34 heavy (non-hydrogen) atoms. The number of thioether (sulfide) groups is 1. The number of rotatable bonds is 10. The second kappa shape index (κ2) is 11.3. The molecule has 0 spiro atoms. The maximum Gasteiger partial charge on any atom is 0.230 e. The molecule has 1 amide bonds. The zero-order valence-electron chi connectivity index (χ0n) is 19.0. The van der Waals surface area contributed by atoms with E-state index in [0.29, 0.717) is 29.5 Å². The molecule has 9 heteroatoms. The summed E-state index contributed by atoms with van der Waals surface area (Å²) in [7, 11) is 3.21. The van der Waals surface area contributed by atoms with Gasteiger partial charge in [-0.15, -0.1) is 10.2 Å². The van der Waals surface area contributed by atoms with Crippen molar-refractivity contribution in [2.75, 3.05) is 26.5 Å². The van der Waals surface area contributed by atoms with Crippen molar-refractivity contribution in [2.24, 2.45) is 0 Å². The number of amides is 1. The predicted molar refractivity (Wildman–Crippen MR) is 132 cm³/mol. The Morgan fingerprint density at radius 1 is 1.00 bits per heavy atom. The van der Waals surface area contributed by atoms with E-state index in [1.165, 1.54) is 11.8 Å². The lowest BCUT2D eigenvalue weighted by molar-refractivity contribution is -0.118. The molecule has 2 aromatic heterocycles. The standard InChI is InChI=1S/C25H25N5O3S/c1-32-22-10-4-18(16-23(22)33-2)12-14-26-24(31)17-34-25-11-9-21(28-29-25)19-5-7-20(8-6-19)30-15-3-13-27-30/h3-11,13,15-16H,12,14,17H2,1-2H3,(H,26,31). The van der Waals surface area contributed by atoms with E-state index in [9.17, 15) is 4.79 Å². The molecule has 0 aliphatic heterocycles. The monoisotopic (exact) mass is 475 g/mol. The maximum atomic E-state index is 12.2. The molecule has 0 aliphatic rings. The highest BCUT2D eigenvalue weighted by atomic mass is 32.2. The van der Waals surface area contributed by atoms with Crippen LogP contribution in [-0.2, 0) is 11.2 Å². The Hall–Kier alpha value is -3.85. The average molecular weight is 476 g/mol. The number of benzene rings is 2. The molecule has 0 atom stereocenters. The van der Waals surface area contributed by atoms with Crippen LogP contribution < -0.4 is 14.8 Å². The molecule has 2 heterocycles. The van der Waals surface area contributed by atoms with Crippen LogP contribution in [0.1, 0.15) is 5.56 Å². The highest BCUT2D eigenvalue weighted by Gasteiger charge is 2.08. The predicted octanol–water partition coefficient (Wildman–Crippen LogP) is 3.80. The van der Waals surface area contributed by atoms with Gasteiger partial charge in [0.25, 0.3) is 0 Å². The summed E-state index contributed by atoms with van der Waals surface area (Å²) in [6.45, 7) is 0.536. The number of nitrogens with one attached hydrogen (secondary N) is 1. The van der Waals surface area contributed by atoms with Gasteiger partial charge in [-0.1, -0.05) is 30.0 Å². The third-order valence-electron chi connectivity index (χ3n) is 5.11. The van der Waals surface area contributed by atoms with Gasteiger partial charge in [-0.2, -0.15) is 5.10 Å². The first-order valence-corrected chi connectivity index (χ1v) is 11.7. The number of hydrogen-bond donors (Lipinski definition) is 1. The fourth-order valence-electron chi connectivity index (χ4n) is 3.33. The first-order chi connectivity index (χ1) is 16.7. The summed E-state index contributed by atoms with van der Waals surface area (Å²) in [4.78, 5) is 12.2. The van der Waals surface area contributed by atoms with Crippen LogP contribution in [0.3, 0.4) is 0 Å². The summed E-state index contributed by atoms with van der Waals surface area (Å²) in [6, 6.07) is 19.4. The summed E-state index contributed by atoms with van der Waals surface area (Å²) in [5.74, 6) is 1.59. The normalized spacial score (nSPS) is 10.6. The Bertz CT molecular complexity index is 1210. The van der Waals surface area contributed by atoms with Gasteiger partial charge in [-0.3, -0.25) is 4.79 Å². The van der Waals surface area contributed by atoms with Gasteiger partial charge in [-0.05, 0) is 54.4 Å². The summed E-state index contributed by atoms with van der Waals surface area (Å²) in [5, 5.41) is 16.4. The smallest absolute Gasteiger partial charge is 0.230 e. The molecule has 0 saturated carbocycles. The lowest BCUT2D eigenvalue weighted by Crippen LogP contribution is -2.27. The number of carbonyl (C=O) groups excluding carboxylic acids is 1. The van der Waals surface area contributed by atoms with Crippen LogP contribution in [-0.4, -0.2) is 52.4 Å². The Morgan fingerprint density at radius 3 is 2.50 bits per heavy atom. The SMILES string of the molecule is COc1ccc(CCNC(=O)CSc2ccc(-c3ccc(-n4cccn4)cc3)nn2)cc1OC. The van der Waals surface area contributed by atoms with Gasteiger partial charge in [0.2, 0.25) is 5.91 Å². The minimum absolute atomic E-state index is 0.0504. The number of methoxy groups -OCH3 is 2. The summed E-state index contributed by atoms with van der Waals surface area (Å²) in [5.41, 5.74) is 3.78. The first kappa shape index (κ1) is 23.3. The summed E-state index contributed by atoms with van der Waals surface area (Å²) >= 11 is 1.36. The first-order valence-electron chi connectivity index (χ1n) is 10.7. The number of carbonyl (C=O) groups is 1. The number of hydrogen-bond acceptors (Lipinski definition) is 7. The molecule has 4 rings (SSSR count). The molecule has 8 nitrogen and oxygen atoms in total. The summed E-state index contributed by atoms with van der Waals surface area (Å²) < 4.78 is 12.4.